The van der Waals surface area contributed by atoms with Crippen molar-refractivity contribution in [2.75, 3.05) is 0 Å². The Bertz CT molecular complexity index is 590. The number of carbonyl (C=O) groups is 1. The molecule has 0 radical (unpaired) electrons. The van der Waals surface area contributed by atoms with Crippen LogP contribution in [0.4, 0.5) is 8.78 Å². The summed E-state index contributed by atoms with van der Waals surface area (Å²) in [6, 6.07) is 12.1. The van der Waals surface area contributed by atoms with Gasteiger partial charge in [-0.3, -0.25) is 4.79 Å². The third kappa shape index (κ3) is 4.62. The average molecular weight is 318 g/mol. The average Bonchev–Trinajstić information content (AvgIpc) is 2.51. The summed E-state index contributed by atoms with van der Waals surface area (Å²) in [6.45, 7) is 3.70. The molecule has 23 heavy (non-hydrogen) atoms. The Morgan fingerprint density at radius 3 is 1.78 bits per heavy atom. The third-order valence-electron chi connectivity index (χ3n) is 3.70. The minimum absolute atomic E-state index is 0.269. The molecular formula is C19H20F2O2. The highest BCUT2D eigenvalue weighted by molar-refractivity contribution is 5.69. The first-order valence-corrected chi connectivity index (χ1v) is 7.71. The van der Waals surface area contributed by atoms with E-state index >= 15 is 0 Å². The van der Waals surface area contributed by atoms with Gasteiger partial charge in [-0.2, -0.15) is 0 Å². The van der Waals surface area contributed by atoms with Crippen LogP contribution in [0.3, 0.4) is 0 Å². The smallest absolute Gasteiger partial charge is 0.306 e. The normalized spacial score (nSPS) is 12.2. The number of ether oxygens (including phenoxy) is 1. The summed E-state index contributed by atoms with van der Waals surface area (Å²) in [5.74, 6) is -1.21. The minimum atomic E-state index is -0.440. The molecule has 0 aliphatic heterocycles. The van der Waals surface area contributed by atoms with E-state index in [-0.39, 0.29) is 23.5 Å². The van der Waals surface area contributed by atoms with Crippen LogP contribution in [0.15, 0.2) is 48.5 Å². The first-order valence-electron chi connectivity index (χ1n) is 7.71. The monoisotopic (exact) mass is 318 g/mol. The van der Waals surface area contributed by atoms with E-state index in [2.05, 4.69) is 0 Å². The van der Waals surface area contributed by atoms with Crippen LogP contribution in [-0.2, 0) is 9.53 Å². The fourth-order valence-corrected chi connectivity index (χ4v) is 2.61. The highest BCUT2D eigenvalue weighted by Crippen LogP contribution is 2.30. The molecule has 0 heterocycles. The van der Waals surface area contributed by atoms with Crippen molar-refractivity contribution >= 4 is 5.97 Å². The molecule has 0 aliphatic rings. The molecule has 0 fully saturated rings. The van der Waals surface area contributed by atoms with Crippen molar-refractivity contribution in [3.63, 3.8) is 0 Å². The van der Waals surface area contributed by atoms with Gasteiger partial charge < -0.3 is 4.74 Å². The van der Waals surface area contributed by atoms with E-state index in [0.29, 0.717) is 12.8 Å². The number of hydrogen-bond acceptors (Lipinski definition) is 2. The SMILES string of the molecule is CCCC(=O)OC(C)C(c1ccc(F)cc1)c1ccc(F)cc1. The molecule has 0 aliphatic carbocycles. The third-order valence-corrected chi connectivity index (χ3v) is 3.70. The van der Waals surface area contributed by atoms with Crippen molar-refractivity contribution in [1.29, 1.82) is 0 Å². The molecule has 4 heteroatoms. The summed E-state index contributed by atoms with van der Waals surface area (Å²) in [7, 11) is 0. The highest BCUT2D eigenvalue weighted by Gasteiger charge is 2.24. The second-order valence-electron chi connectivity index (χ2n) is 5.53. The van der Waals surface area contributed by atoms with Gasteiger partial charge in [0.05, 0.1) is 0 Å². The molecule has 122 valence electrons. The lowest BCUT2D eigenvalue weighted by atomic mass is 9.87. The molecule has 2 aromatic carbocycles. The maximum atomic E-state index is 13.2. The zero-order chi connectivity index (χ0) is 16.8. The highest BCUT2D eigenvalue weighted by atomic mass is 19.1. The van der Waals surface area contributed by atoms with Gasteiger partial charge in [0.1, 0.15) is 17.7 Å². The Labute approximate surface area is 135 Å². The molecule has 1 unspecified atom stereocenters. The molecule has 2 rings (SSSR count). The summed E-state index contributed by atoms with van der Waals surface area (Å²) in [5.41, 5.74) is 1.63. The molecular weight excluding hydrogens is 298 g/mol. The van der Waals surface area contributed by atoms with Gasteiger partial charge in [-0.1, -0.05) is 31.2 Å². The van der Waals surface area contributed by atoms with Crippen molar-refractivity contribution in [3.05, 3.63) is 71.3 Å². The number of halogens is 2. The molecule has 0 saturated carbocycles. The number of esters is 1. The fourth-order valence-electron chi connectivity index (χ4n) is 2.61. The van der Waals surface area contributed by atoms with Gasteiger partial charge in [-0.15, -0.1) is 0 Å². The van der Waals surface area contributed by atoms with Crippen LogP contribution in [-0.4, -0.2) is 12.1 Å². The Kier molecular flexibility index (Phi) is 5.85. The van der Waals surface area contributed by atoms with Crippen LogP contribution in [0.5, 0.6) is 0 Å². The molecule has 0 N–H and O–H groups in total. The lowest BCUT2D eigenvalue weighted by Gasteiger charge is -2.25. The summed E-state index contributed by atoms with van der Waals surface area (Å²) in [5, 5.41) is 0. The van der Waals surface area contributed by atoms with Gasteiger partial charge >= 0.3 is 5.97 Å². The Balaban J connectivity index is 2.32. The van der Waals surface area contributed by atoms with Crippen LogP contribution in [0, 0.1) is 11.6 Å². The maximum Gasteiger partial charge on any atom is 0.306 e. The van der Waals surface area contributed by atoms with Crippen molar-refractivity contribution in [3.8, 4) is 0 Å². The summed E-state index contributed by atoms with van der Waals surface area (Å²) < 4.78 is 31.9. The van der Waals surface area contributed by atoms with E-state index in [4.69, 9.17) is 4.74 Å². The van der Waals surface area contributed by atoms with E-state index in [0.717, 1.165) is 11.1 Å². The fraction of sp³-hybridized carbons (Fsp3) is 0.316. The molecule has 0 spiro atoms. The van der Waals surface area contributed by atoms with Gasteiger partial charge in [0, 0.05) is 12.3 Å². The predicted octanol–water partition coefficient (Wildman–Crippen LogP) is 4.83. The van der Waals surface area contributed by atoms with Gasteiger partial charge in [0.15, 0.2) is 0 Å². The molecule has 1 atom stereocenters. The van der Waals surface area contributed by atoms with E-state index < -0.39 is 6.10 Å². The molecule has 2 aromatic rings. The molecule has 0 aromatic heterocycles. The molecule has 0 bridgehead atoms. The first kappa shape index (κ1) is 17.1. The van der Waals surface area contributed by atoms with Crippen LogP contribution < -0.4 is 0 Å². The first-order chi connectivity index (χ1) is 11.0. The van der Waals surface area contributed by atoms with Crippen LogP contribution in [0.1, 0.15) is 43.7 Å². The lowest BCUT2D eigenvalue weighted by molar-refractivity contribution is -0.148. The van der Waals surface area contributed by atoms with E-state index in [9.17, 15) is 13.6 Å². The Morgan fingerprint density at radius 1 is 0.957 bits per heavy atom. The van der Waals surface area contributed by atoms with Crippen LogP contribution >= 0.6 is 0 Å². The van der Waals surface area contributed by atoms with Gasteiger partial charge in [0.25, 0.3) is 0 Å². The summed E-state index contributed by atoms with van der Waals surface area (Å²) in [6.07, 6.45) is 0.623. The van der Waals surface area contributed by atoms with E-state index in [1.54, 1.807) is 31.2 Å². The summed E-state index contributed by atoms with van der Waals surface area (Å²) >= 11 is 0. The standard InChI is InChI=1S/C19H20F2O2/c1-3-4-18(22)23-13(2)19(14-5-9-16(20)10-6-14)15-7-11-17(21)12-8-15/h5-13,19H,3-4H2,1-2H3. The topological polar surface area (TPSA) is 26.3 Å². The quantitative estimate of drug-likeness (QED) is 0.713. The predicted molar refractivity (Wildman–Crippen MR) is 85.1 cm³/mol. The van der Waals surface area contributed by atoms with Crippen molar-refractivity contribution < 1.29 is 18.3 Å². The van der Waals surface area contributed by atoms with Crippen LogP contribution in [0.2, 0.25) is 0 Å². The number of carbonyl (C=O) groups excluding carboxylic acids is 1. The largest absolute Gasteiger partial charge is 0.462 e. The zero-order valence-corrected chi connectivity index (χ0v) is 13.3. The van der Waals surface area contributed by atoms with E-state index in [1.807, 2.05) is 6.92 Å². The second kappa shape index (κ2) is 7.86. The number of rotatable bonds is 6. The number of hydrogen-bond donors (Lipinski definition) is 0. The van der Waals surface area contributed by atoms with Crippen molar-refractivity contribution in [2.45, 2.75) is 38.7 Å². The van der Waals surface area contributed by atoms with Crippen molar-refractivity contribution in [1.82, 2.24) is 0 Å². The van der Waals surface area contributed by atoms with Crippen LogP contribution in [0.25, 0.3) is 0 Å². The molecule has 0 amide bonds. The van der Waals surface area contributed by atoms with Gasteiger partial charge in [-0.25, -0.2) is 8.78 Å². The lowest BCUT2D eigenvalue weighted by Crippen LogP contribution is -2.23. The maximum absolute atomic E-state index is 13.2. The molecule has 2 nitrogen and oxygen atoms in total. The second-order valence-corrected chi connectivity index (χ2v) is 5.53. The number of benzene rings is 2. The van der Waals surface area contributed by atoms with Gasteiger partial charge in [0.2, 0.25) is 0 Å². The summed E-state index contributed by atoms with van der Waals surface area (Å²) in [4.78, 5) is 11.8. The van der Waals surface area contributed by atoms with Gasteiger partial charge in [-0.05, 0) is 48.7 Å². The zero-order valence-electron chi connectivity index (χ0n) is 13.3. The van der Waals surface area contributed by atoms with E-state index in [1.165, 1.54) is 24.3 Å². The van der Waals surface area contributed by atoms with Crippen molar-refractivity contribution in [2.24, 2.45) is 0 Å². The Hall–Kier alpha value is -2.23. The Morgan fingerprint density at radius 2 is 1.39 bits per heavy atom. The minimum Gasteiger partial charge on any atom is -0.462 e. The molecule has 0 saturated heterocycles.